The van der Waals surface area contributed by atoms with Gasteiger partial charge in [-0.05, 0) is 23.8 Å². The third-order valence-electron chi connectivity index (χ3n) is 4.49. The highest BCUT2D eigenvalue weighted by Crippen LogP contribution is 2.27. The molecule has 0 aliphatic heterocycles. The first kappa shape index (κ1) is 20.1. The topological polar surface area (TPSA) is 84.0 Å². The highest BCUT2D eigenvalue weighted by Gasteiger charge is 2.23. The van der Waals surface area contributed by atoms with E-state index in [1.807, 2.05) is 35.1 Å². The van der Waals surface area contributed by atoms with E-state index in [9.17, 15) is 22.0 Å². The maximum Gasteiger partial charge on any atom is 0.272 e. The van der Waals surface area contributed by atoms with Gasteiger partial charge in [-0.25, -0.2) is 17.2 Å². The van der Waals surface area contributed by atoms with Crippen molar-refractivity contribution in [3.8, 4) is 0 Å². The van der Waals surface area contributed by atoms with Gasteiger partial charge in [0.25, 0.3) is 15.6 Å². The smallest absolute Gasteiger partial charge is 0.272 e. The van der Waals surface area contributed by atoms with Crippen molar-refractivity contribution in [3.05, 3.63) is 93.2 Å². The summed E-state index contributed by atoms with van der Waals surface area (Å²) in [4.78, 5) is 11.6. The number of H-pyrrole nitrogens is 1. The molecule has 10 heteroatoms. The standard InChI is InChI=1S/C20H14ClF2N3O3S/c21-14-7-4-8-18(19(14)23)30(28,29)25-16-9-13-17(10-15(16)22)26(24-20(13)27)11-12-5-2-1-3-6-12/h1-10,25H,11H2,(H,24,27). The first-order chi connectivity index (χ1) is 14.3. The second kappa shape index (κ2) is 7.58. The zero-order valence-electron chi connectivity index (χ0n) is 15.2. The van der Waals surface area contributed by atoms with Crippen molar-refractivity contribution in [2.45, 2.75) is 11.4 Å². The van der Waals surface area contributed by atoms with E-state index in [4.69, 9.17) is 11.6 Å². The summed E-state index contributed by atoms with van der Waals surface area (Å²) < 4.78 is 57.3. The quantitative estimate of drug-likeness (QED) is 0.481. The Morgan fingerprint density at radius 1 is 1.03 bits per heavy atom. The normalized spacial score (nSPS) is 11.7. The molecule has 0 spiro atoms. The number of hydrogen-bond donors (Lipinski definition) is 2. The number of nitrogens with one attached hydrogen (secondary N) is 2. The Balaban J connectivity index is 1.74. The molecule has 0 saturated heterocycles. The molecule has 0 radical (unpaired) electrons. The van der Waals surface area contributed by atoms with E-state index in [1.165, 1.54) is 16.8 Å². The molecule has 154 valence electrons. The lowest BCUT2D eigenvalue weighted by molar-refractivity contribution is 0.569. The van der Waals surface area contributed by atoms with Crippen LogP contribution in [0, 0.1) is 11.6 Å². The van der Waals surface area contributed by atoms with Crippen LogP contribution in [0.4, 0.5) is 14.5 Å². The van der Waals surface area contributed by atoms with Gasteiger partial charge in [0.05, 0.1) is 28.2 Å². The van der Waals surface area contributed by atoms with Crippen molar-refractivity contribution >= 4 is 38.2 Å². The predicted molar refractivity (Wildman–Crippen MR) is 110 cm³/mol. The lowest BCUT2D eigenvalue weighted by Crippen LogP contribution is -2.16. The van der Waals surface area contributed by atoms with E-state index in [1.54, 1.807) is 0 Å². The Kier molecular flexibility index (Phi) is 5.08. The highest BCUT2D eigenvalue weighted by atomic mass is 35.5. The molecule has 0 bridgehead atoms. The zero-order valence-corrected chi connectivity index (χ0v) is 16.8. The van der Waals surface area contributed by atoms with Crippen molar-refractivity contribution < 1.29 is 17.2 Å². The van der Waals surface area contributed by atoms with Crippen LogP contribution in [-0.4, -0.2) is 18.2 Å². The summed E-state index contributed by atoms with van der Waals surface area (Å²) in [6.45, 7) is 0.290. The van der Waals surface area contributed by atoms with Crippen LogP contribution in [0.25, 0.3) is 10.9 Å². The Labute approximate surface area is 174 Å². The van der Waals surface area contributed by atoms with Crippen LogP contribution >= 0.6 is 11.6 Å². The molecule has 0 saturated carbocycles. The van der Waals surface area contributed by atoms with Crippen LogP contribution in [0.3, 0.4) is 0 Å². The Morgan fingerprint density at radius 2 is 1.77 bits per heavy atom. The lowest BCUT2D eigenvalue weighted by atomic mass is 10.2. The zero-order chi connectivity index (χ0) is 21.5. The number of nitrogens with zero attached hydrogens (tertiary/aromatic N) is 1. The van der Waals surface area contributed by atoms with Gasteiger partial charge in [-0.3, -0.25) is 19.3 Å². The van der Waals surface area contributed by atoms with E-state index in [0.717, 1.165) is 23.8 Å². The van der Waals surface area contributed by atoms with E-state index in [-0.39, 0.29) is 22.5 Å². The fourth-order valence-electron chi connectivity index (χ4n) is 3.07. The summed E-state index contributed by atoms with van der Waals surface area (Å²) in [7, 11) is -4.48. The van der Waals surface area contributed by atoms with E-state index in [2.05, 4.69) is 5.10 Å². The van der Waals surface area contributed by atoms with Gasteiger partial charge in [-0.15, -0.1) is 0 Å². The number of halogens is 3. The maximum atomic E-state index is 14.7. The van der Waals surface area contributed by atoms with Crippen molar-refractivity contribution in [3.63, 3.8) is 0 Å². The van der Waals surface area contributed by atoms with Gasteiger partial charge in [0, 0.05) is 6.07 Å². The SMILES string of the molecule is O=c1[nH]n(Cc2ccccc2)c2cc(F)c(NS(=O)(=O)c3cccc(Cl)c3F)cc12. The van der Waals surface area contributed by atoms with Crippen molar-refractivity contribution in [1.29, 1.82) is 0 Å². The molecule has 0 aliphatic carbocycles. The molecule has 0 unspecified atom stereocenters. The third-order valence-corrected chi connectivity index (χ3v) is 6.17. The van der Waals surface area contributed by atoms with E-state index < -0.39 is 37.8 Å². The minimum atomic E-state index is -4.48. The van der Waals surface area contributed by atoms with E-state index >= 15 is 0 Å². The molecule has 6 nitrogen and oxygen atoms in total. The fourth-order valence-corrected chi connectivity index (χ4v) is 4.46. The van der Waals surface area contributed by atoms with Crippen LogP contribution in [0.5, 0.6) is 0 Å². The number of benzene rings is 3. The molecule has 2 N–H and O–H groups in total. The Hall–Kier alpha value is -3.17. The number of aromatic amines is 1. The molecule has 1 aromatic heterocycles. The number of fused-ring (bicyclic) bond motifs is 1. The minimum Gasteiger partial charge on any atom is -0.280 e. The number of rotatable bonds is 5. The van der Waals surface area contributed by atoms with Crippen molar-refractivity contribution in [1.82, 2.24) is 9.78 Å². The number of aromatic nitrogens is 2. The van der Waals surface area contributed by atoms with Crippen LogP contribution in [0.15, 0.2) is 70.4 Å². The average Bonchev–Trinajstić information content (AvgIpc) is 2.99. The average molecular weight is 450 g/mol. The summed E-state index contributed by atoms with van der Waals surface area (Å²) in [6, 6.07) is 14.8. The van der Waals surface area contributed by atoms with Gasteiger partial charge in [-0.2, -0.15) is 0 Å². The third kappa shape index (κ3) is 3.69. The maximum absolute atomic E-state index is 14.7. The molecule has 1 heterocycles. The fraction of sp³-hybridized carbons (Fsp3) is 0.0500. The highest BCUT2D eigenvalue weighted by molar-refractivity contribution is 7.92. The molecule has 0 amide bonds. The van der Waals surface area contributed by atoms with Gasteiger partial charge < -0.3 is 0 Å². The second-order valence-corrected chi connectivity index (χ2v) is 8.58. The molecular weight excluding hydrogens is 436 g/mol. The molecule has 30 heavy (non-hydrogen) atoms. The van der Waals surface area contributed by atoms with Gasteiger partial charge in [0.1, 0.15) is 10.7 Å². The Morgan fingerprint density at radius 3 is 2.50 bits per heavy atom. The summed E-state index contributed by atoms with van der Waals surface area (Å²) in [5, 5.41) is 2.30. The van der Waals surface area contributed by atoms with Gasteiger partial charge >= 0.3 is 0 Å². The van der Waals surface area contributed by atoms with Gasteiger partial charge in [-0.1, -0.05) is 48.0 Å². The Bertz CT molecular complexity index is 1420. The minimum absolute atomic E-state index is 0.0802. The van der Waals surface area contributed by atoms with Crippen molar-refractivity contribution in [2.24, 2.45) is 0 Å². The number of anilines is 1. The molecular formula is C20H14ClF2N3O3S. The van der Waals surface area contributed by atoms with Crippen LogP contribution in [0.1, 0.15) is 5.56 Å². The second-order valence-electron chi connectivity index (χ2n) is 6.52. The lowest BCUT2D eigenvalue weighted by Gasteiger charge is -2.11. The predicted octanol–water partition coefficient (Wildman–Crippen LogP) is 4.11. The molecule has 3 aromatic carbocycles. The van der Waals surface area contributed by atoms with Crippen LogP contribution < -0.4 is 10.3 Å². The first-order valence-electron chi connectivity index (χ1n) is 8.69. The van der Waals surface area contributed by atoms with Crippen LogP contribution in [0.2, 0.25) is 5.02 Å². The summed E-state index contributed by atoms with van der Waals surface area (Å²) in [5.41, 5.74) is 0.144. The monoisotopic (exact) mass is 449 g/mol. The van der Waals surface area contributed by atoms with Crippen LogP contribution in [-0.2, 0) is 16.6 Å². The largest absolute Gasteiger partial charge is 0.280 e. The summed E-state index contributed by atoms with van der Waals surface area (Å²) >= 11 is 5.63. The molecule has 4 aromatic rings. The molecule has 0 fully saturated rings. The summed E-state index contributed by atoms with van der Waals surface area (Å²) in [6.07, 6.45) is 0. The molecule has 0 atom stereocenters. The first-order valence-corrected chi connectivity index (χ1v) is 10.6. The number of hydrogen-bond acceptors (Lipinski definition) is 3. The van der Waals surface area contributed by atoms with E-state index in [0.29, 0.717) is 0 Å². The van der Waals surface area contributed by atoms with Gasteiger partial charge in [0.15, 0.2) is 5.82 Å². The van der Waals surface area contributed by atoms with Crippen molar-refractivity contribution in [2.75, 3.05) is 4.72 Å². The molecule has 0 aliphatic rings. The molecule has 4 rings (SSSR count). The van der Waals surface area contributed by atoms with Gasteiger partial charge in [0.2, 0.25) is 0 Å². The summed E-state index contributed by atoms with van der Waals surface area (Å²) in [5.74, 6) is -2.07. The number of sulfonamides is 1.